The van der Waals surface area contributed by atoms with Crippen molar-refractivity contribution in [3.05, 3.63) is 39.4 Å². The van der Waals surface area contributed by atoms with Crippen LogP contribution in [-0.4, -0.2) is 28.8 Å². The topological polar surface area (TPSA) is 111 Å². The number of nitrogens with zero attached hydrogens (tertiary/aromatic N) is 4. The van der Waals surface area contributed by atoms with Crippen LogP contribution in [0.2, 0.25) is 0 Å². The fourth-order valence-corrected chi connectivity index (χ4v) is 1.86. The molecule has 0 bridgehead atoms. The van der Waals surface area contributed by atoms with E-state index in [0.29, 0.717) is 11.1 Å². The van der Waals surface area contributed by atoms with E-state index in [1.807, 2.05) is 12.1 Å². The molecular formula is C14H14N4O3. The van der Waals surface area contributed by atoms with E-state index in [-0.39, 0.29) is 37.5 Å². The number of nitro groups is 1. The number of carbonyl (C=O) groups is 1. The van der Waals surface area contributed by atoms with Crippen LogP contribution < -0.4 is 0 Å². The summed E-state index contributed by atoms with van der Waals surface area (Å²) in [6.07, 6.45) is 0.340. The van der Waals surface area contributed by atoms with Crippen LogP contribution in [0.4, 0.5) is 5.69 Å². The van der Waals surface area contributed by atoms with Gasteiger partial charge in [0.1, 0.15) is 0 Å². The van der Waals surface area contributed by atoms with E-state index >= 15 is 0 Å². The van der Waals surface area contributed by atoms with Crippen molar-refractivity contribution in [1.29, 1.82) is 10.5 Å². The van der Waals surface area contributed by atoms with E-state index in [2.05, 4.69) is 0 Å². The van der Waals surface area contributed by atoms with Crippen molar-refractivity contribution >= 4 is 11.6 Å². The zero-order valence-corrected chi connectivity index (χ0v) is 11.6. The highest BCUT2D eigenvalue weighted by molar-refractivity contribution is 5.94. The van der Waals surface area contributed by atoms with E-state index in [1.54, 1.807) is 6.92 Å². The minimum Gasteiger partial charge on any atom is -0.337 e. The summed E-state index contributed by atoms with van der Waals surface area (Å²) in [6.45, 7) is 2.02. The number of hydrogen-bond donors (Lipinski definition) is 0. The molecule has 0 N–H and O–H groups in total. The maximum Gasteiger partial charge on any atom is 0.272 e. The lowest BCUT2D eigenvalue weighted by Gasteiger charge is -2.20. The fourth-order valence-electron chi connectivity index (χ4n) is 1.86. The van der Waals surface area contributed by atoms with Gasteiger partial charge in [0.05, 0.1) is 29.9 Å². The molecule has 1 aromatic rings. The normalized spacial score (nSPS) is 9.48. The summed E-state index contributed by atoms with van der Waals surface area (Å²) in [5.74, 6) is -0.335. The van der Waals surface area contributed by atoms with Gasteiger partial charge in [0, 0.05) is 30.3 Å². The molecule has 0 fully saturated rings. The lowest BCUT2D eigenvalue weighted by Crippen LogP contribution is -2.32. The van der Waals surface area contributed by atoms with Gasteiger partial charge in [-0.25, -0.2) is 0 Å². The first kappa shape index (κ1) is 16.1. The Kier molecular flexibility index (Phi) is 5.84. The zero-order valence-electron chi connectivity index (χ0n) is 11.6. The average molecular weight is 286 g/mol. The number of carbonyl (C=O) groups excluding carboxylic acids is 1. The predicted octanol–water partition coefficient (Wildman–Crippen LogP) is 2.17. The van der Waals surface area contributed by atoms with Gasteiger partial charge >= 0.3 is 0 Å². The summed E-state index contributed by atoms with van der Waals surface area (Å²) in [4.78, 5) is 24.0. The van der Waals surface area contributed by atoms with Crippen molar-refractivity contribution in [2.24, 2.45) is 0 Å². The zero-order chi connectivity index (χ0) is 15.8. The van der Waals surface area contributed by atoms with Gasteiger partial charge in [0.25, 0.3) is 11.6 Å². The van der Waals surface area contributed by atoms with Crippen LogP contribution in [0.25, 0.3) is 0 Å². The molecule has 21 heavy (non-hydrogen) atoms. The molecule has 1 rings (SSSR count). The van der Waals surface area contributed by atoms with Crippen LogP contribution in [0.5, 0.6) is 0 Å². The largest absolute Gasteiger partial charge is 0.337 e. The lowest BCUT2D eigenvalue weighted by molar-refractivity contribution is -0.385. The van der Waals surface area contributed by atoms with Gasteiger partial charge in [0.2, 0.25) is 0 Å². The Morgan fingerprint density at radius 2 is 1.86 bits per heavy atom. The standard InChI is InChI=1S/C14H14N4O3/c1-11-10-12(4-5-13(11)18(20)21)14(19)17(8-2-6-15)9-3-7-16/h4-5,10H,2-3,8-9H2,1H3. The van der Waals surface area contributed by atoms with E-state index < -0.39 is 4.92 Å². The molecule has 0 aliphatic carbocycles. The Balaban J connectivity index is 2.98. The van der Waals surface area contributed by atoms with Crippen LogP contribution in [0.3, 0.4) is 0 Å². The first-order chi connectivity index (χ1) is 10.0. The minimum atomic E-state index is -0.507. The molecule has 0 saturated heterocycles. The van der Waals surface area contributed by atoms with Gasteiger partial charge < -0.3 is 4.90 Å². The molecule has 0 radical (unpaired) electrons. The van der Waals surface area contributed by atoms with Gasteiger partial charge in [-0.2, -0.15) is 10.5 Å². The van der Waals surface area contributed by atoms with Crippen LogP contribution in [0.15, 0.2) is 18.2 Å². The quantitative estimate of drug-likeness (QED) is 0.587. The van der Waals surface area contributed by atoms with Crippen LogP contribution in [-0.2, 0) is 0 Å². The van der Waals surface area contributed by atoms with E-state index in [4.69, 9.17) is 10.5 Å². The number of hydrogen-bond acceptors (Lipinski definition) is 5. The third-order valence-electron chi connectivity index (χ3n) is 2.91. The first-order valence-electron chi connectivity index (χ1n) is 6.29. The van der Waals surface area contributed by atoms with Crippen molar-refractivity contribution in [3.8, 4) is 12.1 Å². The second-order valence-corrected chi connectivity index (χ2v) is 4.37. The second-order valence-electron chi connectivity index (χ2n) is 4.37. The summed E-state index contributed by atoms with van der Waals surface area (Å²) in [5, 5.41) is 28.0. The number of benzene rings is 1. The Bertz CT molecular complexity index is 610. The summed E-state index contributed by atoms with van der Waals surface area (Å²) >= 11 is 0. The molecular weight excluding hydrogens is 272 g/mol. The molecule has 0 saturated carbocycles. The van der Waals surface area contributed by atoms with Crippen LogP contribution in [0.1, 0.15) is 28.8 Å². The van der Waals surface area contributed by atoms with Gasteiger partial charge in [-0.3, -0.25) is 14.9 Å². The Morgan fingerprint density at radius 1 is 1.29 bits per heavy atom. The van der Waals surface area contributed by atoms with Crippen LogP contribution >= 0.6 is 0 Å². The molecule has 7 nitrogen and oxygen atoms in total. The molecule has 0 aliphatic rings. The molecule has 1 aromatic carbocycles. The Labute approximate surface area is 122 Å². The van der Waals surface area contributed by atoms with Crippen molar-refractivity contribution in [3.63, 3.8) is 0 Å². The SMILES string of the molecule is Cc1cc(C(=O)N(CCC#N)CCC#N)ccc1[N+](=O)[O-]. The highest BCUT2D eigenvalue weighted by Crippen LogP contribution is 2.19. The monoisotopic (exact) mass is 286 g/mol. The first-order valence-corrected chi connectivity index (χ1v) is 6.29. The average Bonchev–Trinajstić information content (AvgIpc) is 2.46. The molecule has 108 valence electrons. The number of nitro benzene ring substituents is 1. The van der Waals surface area contributed by atoms with Gasteiger partial charge in [-0.05, 0) is 19.1 Å². The molecule has 0 aliphatic heterocycles. The molecule has 0 spiro atoms. The third kappa shape index (κ3) is 4.29. The highest BCUT2D eigenvalue weighted by atomic mass is 16.6. The molecule has 0 atom stereocenters. The number of rotatable bonds is 6. The van der Waals surface area contributed by atoms with Gasteiger partial charge in [-0.1, -0.05) is 0 Å². The maximum absolute atomic E-state index is 12.3. The van der Waals surface area contributed by atoms with Crippen molar-refractivity contribution in [2.45, 2.75) is 19.8 Å². The fraction of sp³-hybridized carbons (Fsp3) is 0.357. The lowest BCUT2D eigenvalue weighted by atomic mass is 10.1. The number of nitriles is 2. The van der Waals surface area contributed by atoms with Crippen LogP contribution in [0, 0.1) is 39.7 Å². The van der Waals surface area contributed by atoms with E-state index in [0.717, 1.165) is 0 Å². The van der Waals surface area contributed by atoms with Crippen molar-refractivity contribution in [2.75, 3.05) is 13.1 Å². The predicted molar refractivity (Wildman–Crippen MR) is 74.2 cm³/mol. The minimum absolute atomic E-state index is 0.0489. The molecule has 0 heterocycles. The smallest absolute Gasteiger partial charge is 0.272 e. The highest BCUT2D eigenvalue weighted by Gasteiger charge is 2.18. The third-order valence-corrected chi connectivity index (χ3v) is 2.91. The molecule has 0 unspecified atom stereocenters. The molecule has 0 aromatic heterocycles. The summed E-state index contributed by atoms with van der Waals surface area (Å²) in [5.41, 5.74) is 0.660. The van der Waals surface area contributed by atoms with E-state index in [9.17, 15) is 14.9 Å². The number of aryl methyl sites for hydroxylation is 1. The second kappa shape index (κ2) is 7.61. The Hall–Kier alpha value is -2.93. The maximum atomic E-state index is 12.3. The Morgan fingerprint density at radius 3 is 2.29 bits per heavy atom. The van der Waals surface area contributed by atoms with Crippen molar-refractivity contribution in [1.82, 2.24) is 4.90 Å². The molecule has 7 heteroatoms. The summed E-state index contributed by atoms with van der Waals surface area (Å²) < 4.78 is 0. The van der Waals surface area contributed by atoms with Gasteiger partial charge in [-0.15, -0.1) is 0 Å². The number of amides is 1. The molecule has 1 amide bonds. The summed E-state index contributed by atoms with van der Waals surface area (Å²) in [7, 11) is 0. The summed E-state index contributed by atoms with van der Waals surface area (Å²) in [6, 6.07) is 8.03. The van der Waals surface area contributed by atoms with Gasteiger partial charge in [0.15, 0.2) is 0 Å². The van der Waals surface area contributed by atoms with E-state index in [1.165, 1.54) is 23.1 Å². The van der Waals surface area contributed by atoms with Crippen molar-refractivity contribution < 1.29 is 9.72 Å².